The Morgan fingerprint density at radius 1 is 1.23 bits per heavy atom. The third-order valence-corrected chi connectivity index (χ3v) is 4.63. The van der Waals surface area contributed by atoms with Gasteiger partial charge in [0.15, 0.2) is 0 Å². The maximum atomic E-state index is 10.9. The van der Waals surface area contributed by atoms with Gasteiger partial charge in [0.05, 0.1) is 24.0 Å². The largest absolute Gasteiger partial charge is 0.481 e. The average Bonchev–Trinajstić information content (AvgIpc) is 3.18. The summed E-state index contributed by atoms with van der Waals surface area (Å²) in [6, 6.07) is 7.53. The van der Waals surface area contributed by atoms with E-state index >= 15 is 0 Å². The molecule has 134 valence electrons. The van der Waals surface area contributed by atoms with Gasteiger partial charge in [0.2, 0.25) is 0 Å². The predicted molar refractivity (Wildman–Crippen MR) is 94.9 cm³/mol. The quantitative estimate of drug-likeness (QED) is 0.761. The highest BCUT2D eigenvalue weighted by molar-refractivity contribution is 5.70. The number of carboxylic acid groups (broad SMARTS) is 1. The van der Waals surface area contributed by atoms with Crippen LogP contribution in [-0.2, 0) is 31.2 Å². The summed E-state index contributed by atoms with van der Waals surface area (Å²) < 4.78 is 3.63. The second kappa shape index (κ2) is 6.38. The van der Waals surface area contributed by atoms with Gasteiger partial charge in [-0.05, 0) is 24.7 Å². The molecule has 0 atom stereocenters. The summed E-state index contributed by atoms with van der Waals surface area (Å²) >= 11 is 0. The monoisotopic (exact) mass is 352 g/mol. The van der Waals surface area contributed by atoms with Crippen LogP contribution in [0.15, 0.2) is 30.5 Å². The van der Waals surface area contributed by atoms with Crippen LogP contribution in [0.3, 0.4) is 0 Å². The second-order valence-corrected chi connectivity index (χ2v) is 6.69. The van der Waals surface area contributed by atoms with Gasteiger partial charge in [-0.1, -0.05) is 17.3 Å². The van der Waals surface area contributed by atoms with Crippen molar-refractivity contribution < 1.29 is 9.90 Å². The SMILES string of the molecule is CN1CCc2c(c(-c3cn(C)nn3)nn2-c2ccc(CC(=O)O)cc2)C1. The number of nitrogens with zero attached hydrogens (tertiary/aromatic N) is 6. The number of aryl methyl sites for hydroxylation is 1. The lowest BCUT2D eigenvalue weighted by atomic mass is 10.0. The number of aliphatic carboxylic acids is 1. The Morgan fingerprint density at radius 3 is 2.65 bits per heavy atom. The van der Waals surface area contributed by atoms with Crippen LogP contribution in [0.5, 0.6) is 0 Å². The normalized spacial score (nSPS) is 14.4. The molecule has 0 amide bonds. The van der Waals surface area contributed by atoms with Gasteiger partial charge in [0, 0.05) is 32.1 Å². The van der Waals surface area contributed by atoms with Crippen LogP contribution in [-0.4, -0.2) is 54.3 Å². The van der Waals surface area contributed by atoms with E-state index in [0.717, 1.165) is 42.1 Å². The van der Waals surface area contributed by atoms with Crippen molar-refractivity contribution in [1.82, 2.24) is 29.7 Å². The molecule has 1 aliphatic rings. The smallest absolute Gasteiger partial charge is 0.307 e. The number of carbonyl (C=O) groups is 1. The molecule has 0 aliphatic carbocycles. The molecular formula is C18H20N6O2. The van der Waals surface area contributed by atoms with Gasteiger partial charge in [-0.2, -0.15) is 5.10 Å². The molecule has 2 aromatic heterocycles. The minimum absolute atomic E-state index is 0.0210. The number of hydrogen-bond acceptors (Lipinski definition) is 5. The van der Waals surface area contributed by atoms with Gasteiger partial charge in [0.1, 0.15) is 11.4 Å². The fraction of sp³-hybridized carbons (Fsp3) is 0.333. The van der Waals surface area contributed by atoms with E-state index in [1.165, 1.54) is 11.3 Å². The Labute approximate surface area is 150 Å². The summed E-state index contributed by atoms with van der Waals surface area (Å²) in [6.07, 6.45) is 2.79. The number of benzene rings is 1. The molecule has 1 aromatic carbocycles. The van der Waals surface area contributed by atoms with Crippen molar-refractivity contribution in [2.75, 3.05) is 13.6 Å². The van der Waals surface area contributed by atoms with Gasteiger partial charge in [-0.25, -0.2) is 4.68 Å². The summed E-state index contributed by atoms with van der Waals surface area (Å²) in [5, 5.41) is 22.0. The topological polar surface area (TPSA) is 89.1 Å². The lowest BCUT2D eigenvalue weighted by molar-refractivity contribution is -0.136. The van der Waals surface area contributed by atoms with Crippen LogP contribution in [0.2, 0.25) is 0 Å². The van der Waals surface area contributed by atoms with E-state index in [2.05, 4.69) is 22.3 Å². The highest BCUT2D eigenvalue weighted by atomic mass is 16.4. The number of carboxylic acids is 1. The van der Waals surface area contributed by atoms with Gasteiger partial charge >= 0.3 is 5.97 Å². The maximum absolute atomic E-state index is 10.9. The van der Waals surface area contributed by atoms with E-state index in [1.807, 2.05) is 42.2 Å². The Bertz CT molecular complexity index is 957. The van der Waals surface area contributed by atoms with Crippen molar-refractivity contribution in [3.63, 3.8) is 0 Å². The van der Waals surface area contributed by atoms with Crippen LogP contribution in [0.4, 0.5) is 0 Å². The van der Waals surface area contributed by atoms with Crippen molar-refractivity contribution in [3.8, 4) is 17.1 Å². The van der Waals surface area contributed by atoms with Gasteiger partial charge in [0.25, 0.3) is 0 Å². The highest BCUT2D eigenvalue weighted by Crippen LogP contribution is 2.30. The molecule has 1 N–H and O–H groups in total. The molecule has 0 saturated heterocycles. The molecule has 0 spiro atoms. The minimum atomic E-state index is -0.831. The van der Waals surface area contributed by atoms with Crippen LogP contribution in [0.1, 0.15) is 16.8 Å². The van der Waals surface area contributed by atoms with Crippen molar-refractivity contribution in [2.45, 2.75) is 19.4 Å². The summed E-state index contributed by atoms with van der Waals surface area (Å²) in [6.45, 7) is 1.79. The van der Waals surface area contributed by atoms with Gasteiger partial charge in [-0.3, -0.25) is 9.48 Å². The number of hydrogen-bond donors (Lipinski definition) is 1. The molecule has 4 rings (SSSR count). The van der Waals surface area contributed by atoms with Crippen LogP contribution < -0.4 is 0 Å². The molecule has 0 radical (unpaired) electrons. The Morgan fingerprint density at radius 2 is 2.00 bits per heavy atom. The molecule has 1 aliphatic heterocycles. The molecule has 0 saturated carbocycles. The second-order valence-electron chi connectivity index (χ2n) is 6.69. The Hall–Kier alpha value is -3.00. The molecule has 3 aromatic rings. The van der Waals surface area contributed by atoms with E-state index < -0.39 is 5.97 Å². The summed E-state index contributed by atoms with van der Waals surface area (Å²) in [4.78, 5) is 13.1. The first-order valence-electron chi connectivity index (χ1n) is 8.48. The van der Waals surface area contributed by atoms with Gasteiger partial charge < -0.3 is 10.0 Å². The zero-order chi connectivity index (χ0) is 18.3. The highest BCUT2D eigenvalue weighted by Gasteiger charge is 2.26. The zero-order valence-corrected chi connectivity index (χ0v) is 14.8. The molecular weight excluding hydrogens is 332 g/mol. The number of likely N-dealkylation sites (N-methyl/N-ethyl adjacent to an activating group) is 1. The number of rotatable bonds is 4. The standard InChI is InChI=1S/C18H20N6O2/c1-22-8-7-16-14(10-22)18(15-11-23(2)21-19-15)20-24(16)13-5-3-12(4-6-13)9-17(25)26/h3-6,11H,7-10H2,1-2H3,(H,25,26). The minimum Gasteiger partial charge on any atom is -0.481 e. The molecule has 3 heterocycles. The molecule has 0 bridgehead atoms. The summed E-state index contributed by atoms with van der Waals surface area (Å²) in [7, 11) is 3.94. The van der Waals surface area contributed by atoms with Crippen LogP contribution >= 0.6 is 0 Å². The summed E-state index contributed by atoms with van der Waals surface area (Å²) in [5.41, 5.74) is 5.67. The van der Waals surface area contributed by atoms with E-state index in [1.54, 1.807) is 4.68 Å². The Balaban J connectivity index is 1.78. The molecule has 26 heavy (non-hydrogen) atoms. The first-order valence-corrected chi connectivity index (χ1v) is 8.48. The Kier molecular flexibility index (Phi) is 4.04. The number of fused-ring (bicyclic) bond motifs is 1. The molecule has 8 nitrogen and oxygen atoms in total. The molecule has 8 heteroatoms. The van der Waals surface area contributed by atoms with Gasteiger partial charge in [-0.15, -0.1) is 5.10 Å². The van der Waals surface area contributed by atoms with Crippen molar-refractivity contribution in [3.05, 3.63) is 47.3 Å². The van der Waals surface area contributed by atoms with Crippen LogP contribution in [0, 0.1) is 0 Å². The lowest BCUT2D eigenvalue weighted by Gasteiger charge is -2.23. The summed E-state index contributed by atoms with van der Waals surface area (Å²) in [5.74, 6) is -0.831. The maximum Gasteiger partial charge on any atom is 0.307 e. The zero-order valence-electron chi connectivity index (χ0n) is 14.8. The van der Waals surface area contributed by atoms with Crippen molar-refractivity contribution in [1.29, 1.82) is 0 Å². The lowest BCUT2D eigenvalue weighted by Crippen LogP contribution is -2.27. The van der Waals surface area contributed by atoms with Crippen LogP contribution in [0.25, 0.3) is 17.1 Å². The van der Waals surface area contributed by atoms with E-state index in [4.69, 9.17) is 10.2 Å². The van der Waals surface area contributed by atoms with E-state index in [0.29, 0.717) is 0 Å². The third kappa shape index (κ3) is 2.99. The number of aromatic nitrogens is 5. The first-order chi connectivity index (χ1) is 12.5. The third-order valence-electron chi connectivity index (χ3n) is 4.63. The first kappa shape index (κ1) is 16.5. The van der Waals surface area contributed by atoms with E-state index in [9.17, 15) is 4.79 Å². The van der Waals surface area contributed by atoms with Crippen molar-refractivity contribution >= 4 is 5.97 Å². The fourth-order valence-electron chi connectivity index (χ4n) is 3.36. The average molecular weight is 352 g/mol. The molecule has 0 unspecified atom stereocenters. The van der Waals surface area contributed by atoms with E-state index in [-0.39, 0.29) is 6.42 Å². The molecule has 0 fully saturated rings. The van der Waals surface area contributed by atoms with Crippen molar-refractivity contribution in [2.24, 2.45) is 7.05 Å². The fourth-order valence-corrected chi connectivity index (χ4v) is 3.36. The predicted octanol–water partition coefficient (Wildman–Crippen LogP) is 1.28.